The summed E-state index contributed by atoms with van der Waals surface area (Å²) in [6, 6.07) is 20.6. The number of hydrogen-bond donors (Lipinski definition) is 0. The van der Waals surface area contributed by atoms with E-state index in [9.17, 15) is 4.39 Å². The number of rotatable bonds is 6. The first-order valence-corrected chi connectivity index (χ1v) is 12.0. The molecule has 6 rings (SSSR count). The largest absolute Gasteiger partial charge is 0.497 e. The summed E-state index contributed by atoms with van der Waals surface area (Å²) in [5.74, 6) is 2.77. The summed E-state index contributed by atoms with van der Waals surface area (Å²) >= 11 is 0. The highest BCUT2D eigenvalue weighted by Crippen LogP contribution is 2.33. The number of nitrogens with zero attached hydrogens (tertiary/aromatic N) is 6. The van der Waals surface area contributed by atoms with Gasteiger partial charge in [0.1, 0.15) is 17.7 Å². The second-order valence-corrected chi connectivity index (χ2v) is 9.07. The first-order chi connectivity index (χ1) is 18.1. The molecule has 1 aliphatic rings. The van der Waals surface area contributed by atoms with Crippen LogP contribution in [0.5, 0.6) is 11.5 Å². The fourth-order valence-corrected chi connectivity index (χ4v) is 4.53. The van der Waals surface area contributed by atoms with E-state index in [-0.39, 0.29) is 11.9 Å². The van der Waals surface area contributed by atoms with E-state index in [4.69, 9.17) is 14.6 Å². The zero-order chi connectivity index (χ0) is 25.4. The van der Waals surface area contributed by atoms with Crippen LogP contribution in [0, 0.1) is 12.7 Å². The molecule has 1 aliphatic heterocycles. The molecule has 0 aliphatic carbocycles. The number of aromatic nitrogens is 5. The number of fused-ring (bicyclic) bond motifs is 2. The van der Waals surface area contributed by atoms with Crippen LogP contribution in [-0.2, 0) is 13.0 Å². The van der Waals surface area contributed by atoms with Crippen molar-refractivity contribution >= 4 is 11.5 Å². The molecule has 0 bridgehead atoms. The first kappa shape index (κ1) is 22.9. The van der Waals surface area contributed by atoms with Gasteiger partial charge in [-0.2, -0.15) is 9.61 Å². The van der Waals surface area contributed by atoms with Gasteiger partial charge in [-0.1, -0.05) is 24.3 Å². The average molecular weight is 497 g/mol. The molecule has 0 N–H and O–H groups in total. The predicted molar refractivity (Wildman–Crippen MR) is 137 cm³/mol. The zero-order valence-corrected chi connectivity index (χ0v) is 20.5. The third kappa shape index (κ3) is 4.55. The summed E-state index contributed by atoms with van der Waals surface area (Å²) in [6.07, 6.45) is 2.08. The van der Waals surface area contributed by atoms with Crippen molar-refractivity contribution in [2.24, 2.45) is 0 Å². The van der Waals surface area contributed by atoms with E-state index in [2.05, 4.69) is 32.2 Å². The van der Waals surface area contributed by atoms with Gasteiger partial charge in [0.05, 0.1) is 19.3 Å². The van der Waals surface area contributed by atoms with Gasteiger partial charge in [-0.25, -0.2) is 9.37 Å². The molecule has 0 amide bonds. The van der Waals surface area contributed by atoms with Gasteiger partial charge >= 0.3 is 0 Å². The van der Waals surface area contributed by atoms with E-state index in [1.807, 2.05) is 42.5 Å². The average Bonchev–Trinajstić information content (AvgIpc) is 3.32. The third-order valence-electron chi connectivity index (χ3n) is 6.51. The maximum Gasteiger partial charge on any atom is 0.177 e. The van der Waals surface area contributed by atoms with Crippen LogP contribution >= 0.6 is 0 Å². The van der Waals surface area contributed by atoms with E-state index in [0.29, 0.717) is 47.8 Å². The molecule has 8 nitrogen and oxygen atoms in total. The highest BCUT2D eigenvalue weighted by Gasteiger charge is 2.28. The Morgan fingerprint density at radius 3 is 2.73 bits per heavy atom. The molecule has 5 aromatic rings. The third-order valence-corrected chi connectivity index (χ3v) is 6.51. The van der Waals surface area contributed by atoms with Gasteiger partial charge in [0.25, 0.3) is 0 Å². The lowest BCUT2D eigenvalue weighted by Gasteiger charge is -2.35. The smallest absolute Gasteiger partial charge is 0.177 e. The molecule has 3 aromatic heterocycles. The number of benzene rings is 2. The lowest BCUT2D eigenvalue weighted by molar-refractivity contribution is 0.188. The summed E-state index contributed by atoms with van der Waals surface area (Å²) in [7, 11) is 1.66. The van der Waals surface area contributed by atoms with Crippen LogP contribution in [0.1, 0.15) is 17.0 Å². The van der Waals surface area contributed by atoms with E-state index in [0.717, 1.165) is 22.9 Å². The fraction of sp³-hybridized carbons (Fsp3) is 0.214. The SMILES string of the molecule is COc1ccc(CN2CC(Cc3nnc4ccc(-c5ccc(C)c(F)c5)nn34)Oc3cccnc32)cc1. The van der Waals surface area contributed by atoms with E-state index >= 15 is 0 Å². The number of pyridine rings is 1. The maximum atomic E-state index is 14.2. The van der Waals surface area contributed by atoms with Crippen molar-refractivity contribution in [1.82, 2.24) is 24.8 Å². The van der Waals surface area contributed by atoms with Crippen LogP contribution in [0.2, 0.25) is 0 Å². The van der Waals surface area contributed by atoms with Crippen molar-refractivity contribution in [3.8, 4) is 22.8 Å². The molecule has 9 heteroatoms. The molecule has 0 saturated carbocycles. The summed E-state index contributed by atoms with van der Waals surface area (Å²) in [6.45, 7) is 3.03. The summed E-state index contributed by atoms with van der Waals surface area (Å²) < 4.78 is 27.5. The summed E-state index contributed by atoms with van der Waals surface area (Å²) in [5, 5.41) is 13.4. The van der Waals surface area contributed by atoms with Gasteiger partial charge in [0.15, 0.2) is 23.0 Å². The molecule has 2 aromatic carbocycles. The van der Waals surface area contributed by atoms with Crippen LogP contribution in [0.3, 0.4) is 0 Å². The molecular formula is C28H25FN6O2. The monoisotopic (exact) mass is 496 g/mol. The molecule has 1 atom stereocenters. The van der Waals surface area contributed by atoms with E-state index < -0.39 is 0 Å². The number of hydrogen-bond acceptors (Lipinski definition) is 7. The Morgan fingerprint density at radius 1 is 1.05 bits per heavy atom. The second kappa shape index (κ2) is 9.50. The standard InChI is InChI=1S/C28H25FN6O2/c1-18-5-8-20(14-23(18)29)24-11-12-26-31-32-27(35(26)33-24)15-22-17-34(28-25(37-22)4-3-13-30-28)16-19-6-9-21(36-2)10-7-19/h3-14,22H,15-17H2,1-2H3. The van der Waals surface area contributed by atoms with Gasteiger partial charge in [-0.15, -0.1) is 10.2 Å². The van der Waals surface area contributed by atoms with Crippen molar-refractivity contribution < 1.29 is 13.9 Å². The minimum absolute atomic E-state index is 0.190. The molecule has 0 saturated heterocycles. The molecular weight excluding hydrogens is 471 g/mol. The quantitative estimate of drug-likeness (QED) is 0.339. The summed E-state index contributed by atoms with van der Waals surface area (Å²) in [5.41, 5.74) is 3.71. The van der Waals surface area contributed by atoms with Crippen LogP contribution in [-0.4, -0.2) is 44.6 Å². The van der Waals surface area contributed by atoms with E-state index in [1.165, 1.54) is 6.07 Å². The number of halogens is 1. The molecule has 37 heavy (non-hydrogen) atoms. The topological polar surface area (TPSA) is 77.7 Å². The Labute approximate surface area is 213 Å². The van der Waals surface area contributed by atoms with Crippen LogP contribution in [0.15, 0.2) is 72.9 Å². The van der Waals surface area contributed by atoms with Crippen molar-refractivity contribution in [3.63, 3.8) is 0 Å². The number of anilines is 1. The normalized spacial score (nSPS) is 14.9. The molecule has 186 valence electrons. The van der Waals surface area contributed by atoms with Gasteiger partial charge in [-0.3, -0.25) is 0 Å². The maximum absolute atomic E-state index is 14.2. The van der Waals surface area contributed by atoms with Crippen molar-refractivity contribution in [1.29, 1.82) is 0 Å². The molecule has 0 spiro atoms. The zero-order valence-electron chi connectivity index (χ0n) is 20.5. The first-order valence-electron chi connectivity index (χ1n) is 12.0. The molecule has 4 heterocycles. The highest BCUT2D eigenvalue weighted by molar-refractivity contribution is 5.61. The fourth-order valence-electron chi connectivity index (χ4n) is 4.53. The Kier molecular flexibility index (Phi) is 5.88. The predicted octanol–water partition coefficient (Wildman–Crippen LogP) is 4.65. The highest BCUT2D eigenvalue weighted by atomic mass is 19.1. The Morgan fingerprint density at radius 2 is 1.92 bits per heavy atom. The van der Waals surface area contributed by atoms with Gasteiger partial charge in [0.2, 0.25) is 0 Å². The lowest BCUT2D eigenvalue weighted by Crippen LogP contribution is -2.41. The van der Waals surface area contributed by atoms with Gasteiger partial charge < -0.3 is 14.4 Å². The van der Waals surface area contributed by atoms with Gasteiger partial charge in [0, 0.05) is 24.7 Å². The minimum Gasteiger partial charge on any atom is -0.497 e. The van der Waals surface area contributed by atoms with Gasteiger partial charge in [-0.05, 0) is 60.5 Å². The van der Waals surface area contributed by atoms with Crippen LogP contribution in [0.25, 0.3) is 16.9 Å². The molecule has 0 radical (unpaired) electrons. The van der Waals surface area contributed by atoms with Crippen molar-refractivity contribution in [2.75, 3.05) is 18.6 Å². The molecule has 1 unspecified atom stereocenters. The number of methoxy groups -OCH3 is 1. The van der Waals surface area contributed by atoms with Crippen molar-refractivity contribution in [3.05, 3.63) is 95.7 Å². The van der Waals surface area contributed by atoms with Crippen LogP contribution < -0.4 is 14.4 Å². The molecule has 0 fully saturated rings. The number of aryl methyl sites for hydroxylation is 1. The van der Waals surface area contributed by atoms with Crippen LogP contribution in [0.4, 0.5) is 10.2 Å². The Hall–Kier alpha value is -4.53. The van der Waals surface area contributed by atoms with E-state index in [1.54, 1.807) is 30.8 Å². The number of ether oxygens (including phenoxy) is 2. The lowest BCUT2D eigenvalue weighted by atomic mass is 10.1. The Balaban J connectivity index is 1.27. The minimum atomic E-state index is -0.261. The van der Waals surface area contributed by atoms with Crippen molar-refractivity contribution in [2.45, 2.75) is 26.0 Å². The Bertz CT molecular complexity index is 1570. The second-order valence-electron chi connectivity index (χ2n) is 9.07. The summed E-state index contributed by atoms with van der Waals surface area (Å²) in [4.78, 5) is 6.78.